The fourth-order valence-corrected chi connectivity index (χ4v) is 2.60. The third-order valence-electron chi connectivity index (χ3n) is 3.82. The molecule has 1 aromatic carbocycles. The number of nitrogens with zero attached hydrogens (tertiary/aromatic N) is 2. The van der Waals surface area contributed by atoms with Gasteiger partial charge in [-0.15, -0.1) is 12.4 Å². The van der Waals surface area contributed by atoms with Gasteiger partial charge in [0.25, 0.3) is 5.91 Å². The van der Waals surface area contributed by atoms with Crippen LogP contribution in [0.3, 0.4) is 0 Å². The van der Waals surface area contributed by atoms with Gasteiger partial charge >= 0.3 is 0 Å². The molecular weight excluding hydrogens is 300 g/mol. The first-order valence-corrected chi connectivity index (χ1v) is 7.42. The Morgan fingerprint density at radius 2 is 2.18 bits per heavy atom. The van der Waals surface area contributed by atoms with E-state index in [0.29, 0.717) is 11.5 Å². The second-order valence-electron chi connectivity index (χ2n) is 5.43. The fraction of sp³-hybridized carbons (Fsp3) is 0.375. The summed E-state index contributed by atoms with van der Waals surface area (Å²) in [6.45, 7) is 2.81. The standard InChI is InChI=1S/C16H20N4O.ClH/c21-16(18-10-13-5-4-8-17-9-13)14-11-19-20(12-14)15-6-2-1-3-7-15;/h1-3,6-7,11-13,17H,4-5,8-10H2,(H,18,21);1H. The van der Waals surface area contributed by atoms with Gasteiger partial charge in [-0.25, -0.2) is 4.68 Å². The number of halogens is 1. The van der Waals surface area contributed by atoms with Crippen molar-refractivity contribution in [3.05, 3.63) is 48.3 Å². The Labute approximate surface area is 136 Å². The number of amides is 1. The highest BCUT2D eigenvalue weighted by molar-refractivity contribution is 5.93. The Morgan fingerprint density at radius 3 is 2.91 bits per heavy atom. The molecule has 1 fully saturated rings. The van der Waals surface area contributed by atoms with E-state index in [2.05, 4.69) is 15.7 Å². The van der Waals surface area contributed by atoms with E-state index in [9.17, 15) is 4.79 Å². The van der Waals surface area contributed by atoms with Crippen molar-refractivity contribution in [2.24, 2.45) is 5.92 Å². The summed E-state index contributed by atoms with van der Waals surface area (Å²) in [5, 5.41) is 10.6. The lowest BCUT2D eigenvalue weighted by Crippen LogP contribution is -2.38. The Morgan fingerprint density at radius 1 is 1.36 bits per heavy atom. The molecule has 5 nitrogen and oxygen atoms in total. The topological polar surface area (TPSA) is 59.0 Å². The van der Waals surface area contributed by atoms with Crippen molar-refractivity contribution in [3.63, 3.8) is 0 Å². The molecular formula is C16H21ClN4O. The lowest BCUT2D eigenvalue weighted by atomic mass is 10.00. The van der Waals surface area contributed by atoms with Crippen LogP contribution in [0, 0.1) is 5.92 Å². The van der Waals surface area contributed by atoms with Crippen molar-refractivity contribution in [2.75, 3.05) is 19.6 Å². The molecule has 1 unspecified atom stereocenters. The van der Waals surface area contributed by atoms with Crippen LogP contribution in [0.5, 0.6) is 0 Å². The Kier molecular flexibility index (Phi) is 5.98. The van der Waals surface area contributed by atoms with Gasteiger partial charge in [0.1, 0.15) is 0 Å². The highest BCUT2D eigenvalue weighted by Gasteiger charge is 2.15. The van der Waals surface area contributed by atoms with E-state index in [-0.39, 0.29) is 18.3 Å². The van der Waals surface area contributed by atoms with Crippen LogP contribution >= 0.6 is 12.4 Å². The first kappa shape index (κ1) is 16.5. The van der Waals surface area contributed by atoms with Crippen LogP contribution in [0.4, 0.5) is 0 Å². The maximum absolute atomic E-state index is 12.1. The maximum Gasteiger partial charge on any atom is 0.254 e. The van der Waals surface area contributed by atoms with Gasteiger partial charge in [-0.1, -0.05) is 18.2 Å². The molecule has 1 aromatic heterocycles. The van der Waals surface area contributed by atoms with Crippen LogP contribution in [0.15, 0.2) is 42.7 Å². The first-order valence-electron chi connectivity index (χ1n) is 7.42. The lowest BCUT2D eigenvalue weighted by Gasteiger charge is -2.22. The molecule has 0 bridgehead atoms. The van der Waals surface area contributed by atoms with Gasteiger partial charge in [0.2, 0.25) is 0 Å². The number of carbonyl (C=O) groups is 1. The Balaban J connectivity index is 0.00000176. The molecule has 0 aliphatic carbocycles. The smallest absolute Gasteiger partial charge is 0.254 e. The van der Waals surface area contributed by atoms with E-state index in [0.717, 1.165) is 25.3 Å². The molecule has 1 aliphatic heterocycles. The minimum absolute atomic E-state index is 0. The molecule has 1 amide bonds. The molecule has 1 saturated heterocycles. The zero-order chi connectivity index (χ0) is 14.5. The third kappa shape index (κ3) is 4.08. The monoisotopic (exact) mass is 320 g/mol. The quantitative estimate of drug-likeness (QED) is 0.906. The van der Waals surface area contributed by atoms with Crippen LogP contribution in [-0.4, -0.2) is 35.3 Å². The number of carbonyl (C=O) groups excluding carboxylic acids is 1. The molecule has 6 heteroatoms. The molecule has 118 valence electrons. The van der Waals surface area contributed by atoms with Crippen molar-refractivity contribution in [1.29, 1.82) is 0 Å². The summed E-state index contributed by atoms with van der Waals surface area (Å²) in [5.41, 5.74) is 1.55. The highest BCUT2D eigenvalue weighted by Crippen LogP contribution is 2.10. The average Bonchev–Trinajstić information content (AvgIpc) is 3.04. The van der Waals surface area contributed by atoms with Crippen molar-refractivity contribution < 1.29 is 4.79 Å². The summed E-state index contributed by atoms with van der Waals surface area (Å²) in [5.74, 6) is 0.481. The van der Waals surface area contributed by atoms with Gasteiger partial charge in [-0.3, -0.25) is 4.79 Å². The van der Waals surface area contributed by atoms with Crippen LogP contribution in [-0.2, 0) is 0 Å². The van der Waals surface area contributed by atoms with Crippen LogP contribution in [0.2, 0.25) is 0 Å². The van der Waals surface area contributed by atoms with Crippen molar-refractivity contribution in [3.8, 4) is 5.69 Å². The van der Waals surface area contributed by atoms with E-state index in [1.807, 2.05) is 30.3 Å². The van der Waals surface area contributed by atoms with E-state index in [4.69, 9.17) is 0 Å². The summed E-state index contributed by atoms with van der Waals surface area (Å²) in [6, 6.07) is 9.78. The summed E-state index contributed by atoms with van der Waals surface area (Å²) < 4.78 is 1.72. The van der Waals surface area contributed by atoms with Crippen LogP contribution in [0.25, 0.3) is 5.69 Å². The van der Waals surface area contributed by atoms with E-state index >= 15 is 0 Å². The summed E-state index contributed by atoms with van der Waals surface area (Å²) in [6.07, 6.45) is 5.74. The fourth-order valence-electron chi connectivity index (χ4n) is 2.60. The summed E-state index contributed by atoms with van der Waals surface area (Å²) in [4.78, 5) is 12.1. The number of aromatic nitrogens is 2. The molecule has 3 rings (SSSR count). The zero-order valence-corrected chi connectivity index (χ0v) is 13.2. The van der Waals surface area contributed by atoms with Crippen molar-refractivity contribution in [1.82, 2.24) is 20.4 Å². The minimum atomic E-state index is -0.0530. The average molecular weight is 321 g/mol. The molecule has 2 aromatic rings. The Hall–Kier alpha value is -1.85. The largest absolute Gasteiger partial charge is 0.352 e. The highest BCUT2D eigenvalue weighted by atomic mass is 35.5. The second kappa shape index (κ2) is 7.96. The minimum Gasteiger partial charge on any atom is -0.352 e. The molecule has 2 heterocycles. The van der Waals surface area contributed by atoms with E-state index in [1.165, 1.54) is 12.8 Å². The van der Waals surface area contributed by atoms with Gasteiger partial charge in [-0.05, 0) is 44.0 Å². The third-order valence-corrected chi connectivity index (χ3v) is 3.82. The number of piperidine rings is 1. The predicted molar refractivity (Wildman–Crippen MR) is 88.7 cm³/mol. The molecule has 22 heavy (non-hydrogen) atoms. The molecule has 0 radical (unpaired) electrons. The predicted octanol–water partition coefficient (Wildman–Crippen LogP) is 2.02. The Bertz CT molecular complexity index is 593. The van der Waals surface area contributed by atoms with Crippen molar-refractivity contribution in [2.45, 2.75) is 12.8 Å². The molecule has 1 atom stereocenters. The van der Waals surface area contributed by atoms with Gasteiger partial charge in [0.05, 0.1) is 17.4 Å². The van der Waals surface area contributed by atoms with Crippen LogP contribution < -0.4 is 10.6 Å². The van der Waals surface area contributed by atoms with Crippen LogP contribution in [0.1, 0.15) is 23.2 Å². The van der Waals surface area contributed by atoms with E-state index in [1.54, 1.807) is 17.1 Å². The maximum atomic E-state index is 12.1. The van der Waals surface area contributed by atoms with Gasteiger partial charge in [0.15, 0.2) is 0 Å². The van der Waals surface area contributed by atoms with Gasteiger partial charge < -0.3 is 10.6 Å². The van der Waals surface area contributed by atoms with Gasteiger partial charge in [0, 0.05) is 12.7 Å². The number of hydrogen-bond donors (Lipinski definition) is 2. The summed E-state index contributed by atoms with van der Waals surface area (Å²) in [7, 11) is 0. The number of para-hydroxylation sites is 1. The number of nitrogens with one attached hydrogen (secondary N) is 2. The molecule has 0 spiro atoms. The number of hydrogen-bond acceptors (Lipinski definition) is 3. The van der Waals surface area contributed by atoms with Crippen molar-refractivity contribution >= 4 is 18.3 Å². The SMILES string of the molecule is Cl.O=C(NCC1CCCNC1)c1cnn(-c2ccccc2)c1. The lowest BCUT2D eigenvalue weighted by molar-refractivity contribution is 0.0945. The van der Waals surface area contributed by atoms with E-state index < -0.39 is 0 Å². The molecule has 0 saturated carbocycles. The molecule has 2 N–H and O–H groups in total. The first-order chi connectivity index (χ1) is 10.3. The normalized spacial score (nSPS) is 17.5. The van der Waals surface area contributed by atoms with Gasteiger partial charge in [-0.2, -0.15) is 5.10 Å². The molecule has 1 aliphatic rings. The summed E-state index contributed by atoms with van der Waals surface area (Å²) >= 11 is 0. The second-order valence-corrected chi connectivity index (χ2v) is 5.43. The number of rotatable bonds is 4. The number of benzene rings is 1. The zero-order valence-electron chi connectivity index (χ0n) is 12.4.